The van der Waals surface area contributed by atoms with Gasteiger partial charge in [0.2, 0.25) is 0 Å². The molecule has 0 heterocycles. The summed E-state index contributed by atoms with van der Waals surface area (Å²) < 4.78 is 62.7. The number of hydrogen-bond acceptors (Lipinski definition) is 0. The molecule has 0 aromatic carbocycles. The Kier molecular flexibility index (Phi) is 4.55. The Hall–Kier alpha value is -0.230. The first-order valence-corrected chi connectivity index (χ1v) is 5.84. The molecular weight excluding hydrogens is 268 g/mol. The number of halogens is 7. The Balaban J connectivity index is 0. The Morgan fingerprint density at radius 2 is 1.27 bits per heavy atom. The normalized spacial score (nSPS) is 15.4. The molecule has 2 nitrogen and oxygen atoms in total. The van der Waals surface area contributed by atoms with Gasteiger partial charge in [0.05, 0.1) is 21.1 Å². The number of amidine groups is 1. The monoisotopic (exact) mass is 280 g/mol. The van der Waals surface area contributed by atoms with Gasteiger partial charge < -0.3 is 0 Å². The molecule has 0 rings (SSSR count). The first-order chi connectivity index (χ1) is 6.00. The molecule has 0 bridgehead atoms. The van der Waals surface area contributed by atoms with E-state index in [-0.39, 0.29) is 0 Å². The average molecular weight is 281 g/mol. The van der Waals surface area contributed by atoms with Crippen LogP contribution in [0, 0.1) is 0 Å². The zero-order valence-corrected chi connectivity index (χ0v) is 10.1. The number of nitrogens with zero attached hydrogens (tertiary/aromatic N) is 2. The van der Waals surface area contributed by atoms with Crippen molar-refractivity contribution >= 4 is 25.4 Å². The quantitative estimate of drug-likeness (QED) is 0.161. The Bertz CT molecular complexity index is 239. The molecule has 0 unspecified atom stereocenters. The van der Waals surface area contributed by atoms with Crippen LogP contribution in [0.25, 0.3) is 0 Å². The second-order valence-corrected chi connectivity index (χ2v) is 5.30. The van der Waals surface area contributed by atoms with Crippen LogP contribution in [0.4, 0.5) is 25.2 Å². The molecule has 0 aliphatic carbocycles. The van der Waals surface area contributed by atoms with Gasteiger partial charge in [0.25, 0.3) is 5.84 Å². The Morgan fingerprint density at radius 1 is 1.07 bits per heavy atom. The van der Waals surface area contributed by atoms with Crippen molar-refractivity contribution in [2.75, 3.05) is 21.1 Å². The van der Waals surface area contributed by atoms with Crippen molar-refractivity contribution in [3.8, 4) is 0 Å². The van der Waals surface area contributed by atoms with Gasteiger partial charge in [0.1, 0.15) is 11.8 Å². The van der Waals surface area contributed by atoms with Crippen LogP contribution in [-0.4, -0.2) is 36.0 Å². The molecular formula is C5H12ClF6N2P. The van der Waals surface area contributed by atoms with Crippen LogP contribution in [0.15, 0.2) is 0 Å². The predicted octanol–water partition coefficient (Wildman–Crippen LogP) is 4.14. The van der Waals surface area contributed by atoms with Crippen LogP contribution < -0.4 is 0 Å². The van der Waals surface area contributed by atoms with Gasteiger partial charge in [-0.1, -0.05) is 0 Å². The van der Waals surface area contributed by atoms with E-state index >= 15 is 0 Å². The van der Waals surface area contributed by atoms with E-state index in [0.29, 0.717) is 0 Å². The van der Waals surface area contributed by atoms with Crippen molar-refractivity contribution in [3.05, 3.63) is 0 Å². The molecule has 0 atom stereocenters. The van der Waals surface area contributed by atoms with Gasteiger partial charge >= 0.3 is 33.0 Å². The number of rotatable bonds is 0. The van der Waals surface area contributed by atoms with Crippen LogP contribution in [0.1, 0.15) is 6.92 Å². The standard InChI is InChI=1S/C5H12ClN2.F6P/c1-5(7(2)3)8(4)6;1-7(2,3,4,5)6/h1-4H3;/q+1;-1. The van der Waals surface area contributed by atoms with Crippen molar-refractivity contribution in [3.63, 3.8) is 0 Å². The predicted molar refractivity (Wildman–Crippen MR) is 50.0 cm³/mol. The minimum atomic E-state index is -10.7. The Morgan fingerprint density at radius 3 is 1.27 bits per heavy atom. The van der Waals surface area contributed by atoms with Gasteiger partial charge in [-0.25, -0.2) is 0 Å². The van der Waals surface area contributed by atoms with Crippen molar-refractivity contribution < 1.29 is 29.8 Å². The summed E-state index contributed by atoms with van der Waals surface area (Å²) in [5, 5.41) is 0. The molecule has 0 amide bonds. The molecule has 0 aliphatic rings. The third kappa shape index (κ3) is 31.6. The molecule has 0 N–H and O–H groups in total. The third-order valence-corrected chi connectivity index (χ3v) is 1.34. The van der Waals surface area contributed by atoms with Crippen molar-refractivity contribution in [2.24, 2.45) is 0 Å². The van der Waals surface area contributed by atoms with E-state index in [0.717, 1.165) is 5.84 Å². The van der Waals surface area contributed by atoms with Crippen LogP contribution in [-0.2, 0) is 0 Å². The fourth-order valence-corrected chi connectivity index (χ4v) is 0.427. The second-order valence-electron chi connectivity index (χ2n) is 2.88. The number of hydrogen-bond donors (Lipinski definition) is 0. The third-order valence-electron chi connectivity index (χ3n) is 1.09. The first kappa shape index (κ1) is 17.2. The van der Waals surface area contributed by atoms with Gasteiger partial charge in [0, 0.05) is 6.92 Å². The molecule has 10 heteroatoms. The Labute approximate surface area is 88.5 Å². The molecule has 0 saturated heterocycles. The summed E-state index contributed by atoms with van der Waals surface area (Å²) in [6.45, 7) is 1.95. The van der Waals surface area contributed by atoms with E-state index in [1.165, 1.54) is 0 Å². The summed E-state index contributed by atoms with van der Waals surface area (Å²) in [5.41, 5.74) is 0. The molecule has 0 saturated carbocycles. The summed E-state index contributed by atoms with van der Waals surface area (Å²) in [6, 6.07) is 0. The first-order valence-electron chi connectivity index (χ1n) is 3.47. The maximum absolute atomic E-state index is 10.7. The maximum atomic E-state index is 9.87. The summed E-state index contributed by atoms with van der Waals surface area (Å²) in [6.07, 6.45) is 0. The van der Waals surface area contributed by atoms with Gasteiger partial charge in [-0.15, -0.1) is 0 Å². The summed E-state index contributed by atoms with van der Waals surface area (Å²) in [7, 11) is -4.95. The molecule has 96 valence electrons. The second kappa shape index (κ2) is 3.97. The van der Waals surface area contributed by atoms with Crippen molar-refractivity contribution in [2.45, 2.75) is 6.92 Å². The SMILES string of the molecule is CC(N(C)Cl)=[N+](C)C.F[P-](F)(F)(F)(F)F. The van der Waals surface area contributed by atoms with Crippen LogP contribution in [0.3, 0.4) is 0 Å². The summed E-state index contributed by atoms with van der Waals surface area (Å²) in [5.74, 6) is 1.03. The van der Waals surface area contributed by atoms with E-state index in [9.17, 15) is 25.2 Å². The molecule has 15 heavy (non-hydrogen) atoms. The zero-order chi connectivity index (χ0) is 13.1. The van der Waals surface area contributed by atoms with Gasteiger partial charge in [-0.2, -0.15) is 4.42 Å². The van der Waals surface area contributed by atoms with Gasteiger partial charge in [-0.05, 0) is 0 Å². The molecule has 0 aliphatic heterocycles. The van der Waals surface area contributed by atoms with Crippen molar-refractivity contribution in [1.82, 2.24) is 4.42 Å². The van der Waals surface area contributed by atoms with Crippen LogP contribution in [0.2, 0.25) is 0 Å². The van der Waals surface area contributed by atoms with Crippen LogP contribution in [0.5, 0.6) is 0 Å². The topological polar surface area (TPSA) is 6.25 Å². The molecule has 0 aromatic rings. The van der Waals surface area contributed by atoms with Gasteiger partial charge in [-0.3, -0.25) is 4.58 Å². The van der Waals surface area contributed by atoms with E-state index < -0.39 is 7.81 Å². The summed E-state index contributed by atoms with van der Waals surface area (Å²) >= 11 is 5.58. The molecule has 0 fully saturated rings. The minimum absolute atomic E-state index is 1.03. The van der Waals surface area contributed by atoms with E-state index in [4.69, 9.17) is 11.8 Å². The van der Waals surface area contributed by atoms with Crippen molar-refractivity contribution in [1.29, 1.82) is 0 Å². The molecule has 0 radical (unpaired) electrons. The molecule has 0 spiro atoms. The average Bonchev–Trinajstić information content (AvgIpc) is 1.77. The molecule has 0 aromatic heterocycles. The fraction of sp³-hybridized carbons (Fsp3) is 0.800. The van der Waals surface area contributed by atoms with Gasteiger partial charge in [0.15, 0.2) is 0 Å². The zero-order valence-electron chi connectivity index (χ0n) is 8.49. The van der Waals surface area contributed by atoms with Crippen LogP contribution >= 0.6 is 19.6 Å². The fourth-order valence-electron chi connectivity index (χ4n) is 0.276. The van der Waals surface area contributed by atoms with E-state index in [1.807, 2.05) is 25.6 Å². The van der Waals surface area contributed by atoms with E-state index in [1.54, 1.807) is 11.5 Å². The summed E-state index contributed by atoms with van der Waals surface area (Å²) in [4.78, 5) is 0. The van der Waals surface area contributed by atoms with E-state index in [2.05, 4.69) is 0 Å².